The summed E-state index contributed by atoms with van der Waals surface area (Å²) in [6, 6.07) is 7.43. The van der Waals surface area contributed by atoms with Crippen LogP contribution in [-0.4, -0.2) is 30.8 Å². The molecule has 0 aliphatic heterocycles. The van der Waals surface area contributed by atoms with Crippen molar-refractivity contribution in [2.24, 2.45) is 11.5 Å². The zero-order valence-electron chi connectivity index (χ0n) is 8.82. The molecule has 84 valence electrons. The van der Waals surface area contributed by atoms with E-state index in [0.717, 1.165) is 18.5 Å². The Labute approximate surface area is 90.3 Å². The van der Waals surface area contributed by atoms with Gasteiger partial charge in [0, 0.05) is 25.7 Å². The lowest BCUT2D eigenvalue weighted by molar-refractivity contribution is 0.474. The molecule has 0 heterocycles. The van der Waals surface area contributed by atoms with Gasteiger partial charge in [-0.15, -0.1) is 0 Å². The second-order valence-electron chi connectivity index (χ2n) is 3.55. The van der Waals surface area contributed by atoms with Gasteiger partial charge < -0.3 is 21.9 Å². The molecule has 0 bridgehead atoms. The number of nitrogens with two attached hydrogens (primary N) is 2. The maximum absolute atomic E-state index is 9.13. The van der Waals surface area contributed by atoms with E-state index in [1.807, 2.05) is 12.1 Å². The molecule has 0 saturated carbocycles. The highest BCUT2D eigenvalue weighted by atomic mass is 16.3. The number of phenolic OH excluding ortho intramolecular Hbond substituents is 1. The van der Waals surface area contributed by atoms with Crippen LogP contribution in [0.5, 0.6) is 5.75 Å². The number of hydrogen-bond acceptors (Lipinski definition) is 4. The minimum Gasteiger partial charge on any atom is -0.508 e. The topological polar surface area (TPSA) is 84.3 Å². The molecular weight excluding hydrogens is 190 g/mol. The molecule has 0 aromatic heterocycles. The van der Waals surface area contributed by atoms with Crippen LogP contribution in [0.4, 0.5) is 0 Å². The Morgan fingerprint density at radius 2 is 1.87 bits per heavy atom. The van der Waals surface area contributed by atoms with Gasteiger partial charge in [-0.1, -0.05) is 12.1 Å². The van der Waals surface area contributed by atoms with E-state index in [1.165, 1.54) is 0 Å². The highest BCUT2D eigenvalue weighted by Crippen LogP contribution is 2.10. The molecule has 0 aliphatic carbocycles. The summed E-state index contributed by atoms with van der Waals surface area (Å²) in [6.07, 6.45) is 0.858. The van der Waals surface area contributed by atoms with Crippen molar-refractivity contribution < 1.29 is 5.11 Å². The van der Waals surface area contributed by atoms with E-state index in [-0.39, 0.29) is 11.8 Å². The standard InChI is InChI=1S/C11H19N3O/c12-5-6-14-10(8-13)7-9-1-3-11(15)4-2-9/h1-4,10,14-15H,5-8,12-13H2. The summed E-state index contributed by atoms with van der Waals surface area (Å²) in [4.78, 5) is 0. The number of phenols is 1. The molecule has 0 spiro atoms. The second kappa shape index (κ2) is 6.40. The van der Waals surface area contributed by atoms with Crippen molar-refractivity contribution in [1.29, 1.82) is 0 Å². The molecule has 1 rings (SSSR count). The molecule has 1 aromatic rings. The molecule has 6 N–H and O–H groups in total. The first-order valence-corrected chi connectivity index (χ1v) is 5.17. The third-order valence-corrected chi connectivity index (χ3v) is 2.28. The number of hydrogen-bond donors (Lipinski definition) is 4. The fourth-order valence-corrected chi connectivity index (χ4v) is 1.44. The van der Waals surface area contributed by atoms with Gasteiger partial charge in [-0.3, -0.25) is 0 Å². The molecular formula is C11H19N3O. The van der Waals surface area contributed by atoms with Gasteiger partial charge in [-0.05, 0) is 24.1 Å². The average Bonchev–Trinajstić information content (AvgIpc) is 2.27. The molecule has 0 fully saturated rings. The van der Waals surface area contributed by atoms with Gasteiger partial charge in [0.25, 0.3) is 0 Å². The molecule has 1 aromatic carbocycles. The Balaban J connectivity index is 2.47. The van der Waals surface area contributed by atoms with Gasteiger partial charge in [-0.25, -0.2) is 0 Å². The van der Waals surface area contributed by atoms with Crippen LogP contribution in [0.1, 0.15) is 5.56 Å². The molecule has 0 radical (unpaired) electrons. The second-order valence-corrected chi connectivity index (χ2v) is 3.55. The first-order chi connectivity index (χ1) is 7.26. The van der Waals surface area contributed by atoms with Crippen molar-refractivity contribution >= 4 is 0 Å². The number of benzene rings is 1. The summed E-state index contributed by atoms with van der Waals surface area (Å²) in [6.45, 7) is 1.98. The molecule has 0 saturated heterocycles. The number of aromatic hydroxyl groups is 1. The SMILES string of the molecule is NCCNC(CN)Cc1ccc(O)cc1. The van der Waals surface area contributed by atoms with Gasteiger partial charge in [-0.2, -0.15) is 0 Å². The van der Waals surface area contributed by atoms with Crippen molar-refractivity contribution in [3.8, 4) is 5.75 Å². The maximum atomic E-state index is 9.13. The van der Waals surface area contributed by atoms with Gasteiger partial charge >= 0.3 is 0 Å². The summed E-state index contributed by atoms with van der Waals surface area (Å²) in [5, 5.41) is 12.4. The van der Waals surface area contributed by atoms with Gasteiger partial charge in [0.2, 0.25) is 0 Å². The van der Waals surface area contributed by atoms with Gasteiger partial charge in [0.15, 0.2) is 0 Å². The third-order valence-electron chi connectivity index (χ3n) is 2.28. The van der Waals surface area contributed by atoms with Crippen LogP contribution in [0.25, 0.3) is 0 Å². The molecule has 1 unspecified atom stereocenters. The predicted molar refractivity (Wildman–Crippen MR) is 61.7 cm³/mol. The minimum absolute atomic E-state index is 0.248. The average molecular weight is 209 g/mol. The maximum Gasteiger partial charge on any atom is 0.115 e. The van der Waals surface area contributed by atoms with Crippen molar-refractivity contribution in [3.05, 3.63) is 29.8 Å². The predicted octanol–water partition coefficient (Wildman–Crippen LogP) is -0.190. The van der Waals surface area contributed by atoms with E-state index in [9.17, 15) is 0 Å². The van der Waals surface area contributed by atoms with E-state index in [1.54, 1.807) is 12.1 Å². The van der Waals surface area contributed by atoms with Crippen LogP contribution in [-0.2, 0) is 6.42 Å². The largest absolute Gasteiger partial charge is 0.508 e. The minimum atomic E-state index is 0.248. The lowest BCUT2D eigenvalue weighted by Crippen LogP contribution is -2.40. The van der Waals surface area contributed by atoms with Crippen LogP contribution in [0, 0.1) is 0 Å². The highest BCUT2D eigenvalue weighted by molar-refractivity contribution is 5.26. The summed E-state index contributed by atoms with van der Waals surface area (Å²) in [5.74, 6) is 0.290. The Morgan fingerprint density at radius 1 is 1.20 bits per heavy atom. The Morgan fingerprint density at radius 3 is 2.40 bits per heavy atom. The molecule has 15 heavy (non-hydrogen) atoms. The lowest BCUT2D eigenvalue weighted by Gasteiger charge is -2.16. The van der Waals surface area contributed by atoms with Crippen molar-refractivity contribution in [3.63, 3.8) is 0 Å². The van der Waals surface area contributed by atoms with Crippen molar-refractivity contribution in [1.82, 2.24) is 5.32 Å². The summed E-state index contributed by atoms with van der Waals surface area (Å²) < 4.78 is 0. The fraction of sp³-hybridized carbons (Fsp3) is 0.455. The number of nitrogens with one attached hydrogen (secondary N) is 1. The first kappa shape index (κ1) is 12.0. The molecule has 0 aliphatic rings. The Bertz CT molecular complexity index is 274. The number of rotatable bonds is 6. The zero-order chi connectivity index (χ0) is 11.1. The quantitative estimate of drug-likeness (QED) is 0.523. The fourth-order valence-electron chi connectivity index (χ4n) is 1.44. The van der Waals surface area contributed by atoms with E-state index in [2.05, 4.69) is 5.32 Å². The summed E-state index contributed by atoms with van der Waals surface area (Å²) >= 11 is 0. The first-order valence-electron chi connectivity index (χ1n) is 5.17. The van der Waals surface area contributed by atoms with Gasteiger partial charge in [0.1, 0.15) is 5.75 Å². The third kappa shape index (κ3) is 4.29. The Hall–Kier alpha value is -1.10. The molecule has 1 atom stereocenters. The smallest absolute Gasteiger partial charge is 0.115 e. The summed E-state index contributed by atoms with van der Waals surface area (Å²) in [5.41, 5.74) is 12.2. The van der Waals surface area contributed by atoms with Crippen LogP contribution in [0.3, 0.4) is 0 Å². The molecule has 4 heteroatoms. The molecule has 0 amide bonds. The zero-order valence-corrected chi connectivity index (χ0v) is 8.82. The monoisotopic (exact) mass is 209 g/mol. The lowest BCUT2D eigenvalue weighted by atomic mass is 10.1. The highest BCUT2D eigenvalue weighted by Gasteiger charge is 2.06. The summed E-state index contributed by atoms with van der Waals surface area (Å²) in [7, 11) is 0. The van der Waals surface area contributed by atoms with Gasteiger partial charge in [0.05, 0.1) is 0 Å². The Kier molecular flexibility index (Phi) is 5.10. The van der Waals surface area contributed by atoms with Crippen LogP contribution < -0.4 is 16.8 Å². The van der Waals surface area contributed by atoms with Crippen LogP contribution in [0.2, 0.25) is 0 Å². The van der Waals surface area contributed by atoms with Crippen molar-refractivity contribution in [2.75, 3.05) is 19.6 Å². The van der Waals surface area contributed by atoms with E-state index >= 15 is 0 Å². The molecule has 4 nitrogen and oxygen atoms in total. The van der Waals surface area contributed by atoms with E-state index in [0.29, 0.717) is 13.1 Å². The normalized spacial score (nSPS) is 12.7. The van der Waals surface area contributed by atoms with E-state index in [4.69, 9.17) is 16.6 Å². The van der Waals surface area contributed by atoms with E-state index < -0.39 is 0 Å². The van der Waals surface area contributed by atoms with Crippen molar-refractivity contribution in [2.45, 2.75) is 12.5 Å². The van der Waals surface area contributed by atoms with Crippen LogP contribution >= 0.6 is 0 Å². The van der Waals surface area contributed by atoms with Crippen LogP contribution in [0.15, 0.2) is 24.3 Å².